The third-order valence-electron chi connectivity index (χ3n) is 4.19. The molecule has 0 aromatic carbocycles. The second-order valence-corrected chi connectivity index (χ2v) is 5.67. The number of nitrogens with zero attached hydrogens (tertiary/aromatic N) is 1. The van der Waals surface area contributed by atoms with Crippen LogP contribution in [0.1, 0.15) is 50.8 Å². The molecule has 3 N–H and O–H groups in total. The van der Waals surface area contributed by atoms with Crippen LogP contribution in [0.25, 0.3) is 0 Å². The van der Waals surface area contributed by atoms with E-state index in [1.54, 1.807) is 6.20 Å². The van der Waals surface area contributed by atoms with Crippen molar-refractivity contribution in [3.63, 3.8) is 0 Å². The Morgan fingerprint density at radius 3 is 2.61 bits per heavy atom. The van der Waals surface area contributed by atoms with Gasteiger partial charge < -0.3 is 0 Å². The molecule has 0 amide bonds. The highest BCUT2D eigenvalue weighted by Gasteiger charge is 2.28. The highest BCUT2D eigenvalue weighted by atomic mass is 35.5. The lowest BCUT2D eigenvalue weighted by atomic mass is 9.77. The van der Waals surface area contributed by atoms with E-state index < -0.39 is 0 Å². The van der Waals surface area contributed by atoms with Crippen molar-refractivity contribution in [1.29, 1.82) is 0 Å². The van der Waals surface area contributed by atoms with E-state index in [4.69, 9.17) is 17.4 Å². The third kappa shape index (κ3) is 3.22. The van der Waals surface area contributed by atoms with E-state index in [9.17, 15) is 0 Å². The molecule has 0 saturated heterocycles. The van der Waals surface area contributed by atoms with Crippen LogP contribution in [0, 0.1) is 11.8 Å². The summed E-state index contributed by atoms with van der Waals surface area (Å²) in [7, 11) is 0. The topological polar surface area (TPSA) is 50.9 Å². The van der Waals surface area contributed by atoms with Crippen molar-refractivity contribution in [2.24, 2.45) is 17.7 Å². The number of nitrogens with one attached hydrogen (secondary N) is 1. The summed E-state index contributed by atoms with van der Waals surface area (Å²) < 4.78 is 0. The van der Waals surface area contributed by atoms with Crippen molar-refractivity contribution in [1.82, 2.24) is 10.4 Å². The van der Waals surface area contributed by atoms with E-state index in [2.05, 4.69) is 17.3 Å². The van der Waals surface area contributed by atoms with Crippen LogP contribution in [0.5, 0.6) is 0 Å². The number of halogens is 1. The maximum absolute atomic E-state index is 5.87. The molecule has 0 bridgehead atoms. The minimum Gasteiger partial charge on any atom is -0.271 e. The highest BCUT2D eigenvalue weighted by Crippen LogP contribution is 2.37. The van der Waals surface area contributed by atoms with Crippen molar-refractivity contribution in [2.45, 2.75) is 45.1 Å². The van der Waals surface area contributed by atoms with Crippen LogP contribution in [0.2, 0.25) is 5.02 Å². The normalized spacial score (nSPS) is 25.9. The summed E-state index contributed by atoms with van der Waals surface area (Å²) in [5.74, 6) is 7.21. The van der Waals surface area contributed by atoms with E-state index in [1.165, 1.54) is 32.1 Å². The van der Waals surface area contributed by atoms with Crippen molar-refractivity contribution in [2.75, 3.05) is 0 Å². The lowest BCUT2D eigenvalue weighted by Gasteiger charge is -2.33. The summed E-state index contributed by atoms with van der Waals surface area (Å²) in [6, 6.07) is 4.00. The van der Waals surface area contributed by atoms with E-state index in [-0.39, 0.29) is 6.04 Å². The van der Waals surface area contributed by atoms with Gasteiger partial charge in [0, 0.05) is 6.20 Å². The third-order valence-corrected chi connectivity index (χ3v) is 4.41. The Morgan fingerprint density at radius 2 is 2.11 bits per heavy atom. The summed E-state index contributed by atoms with van der Waals surface area (Å²) in [6.07, 6.45) is 8.08. The fourth-order valence-corrected chi connectivity index (χ4v) is 3.08. The molecule has 1 heterocycles. The summed E-state index contributed by atoms with van der Waals surface area (Å²) in [6.45, 7) is 2.28. The number of pyridine rings is 1. The number of nitrogens with two attached hydrogens (primary N) is 1. The van der Waals surface area contributed by atoms with E-state index >= 15 is 0 Å². The van der Waals surface area contributed by atoms with Gasteiger partial charge in [-0.3, -0.25) is 16.3 Å². The van der Waals surface area contributed by atoms with Crippen molar-refractivity contribution < 1.29 is 0 Å². The first kappa shape index (κ1) is 13.8. The predicted molar refractivity (Wildman–Crippen MR) is 75.1 cm³/mol. The van der Waals surface area contributed by atoms with E-state index in [1.807, 2.05) is 12.1 Å². The first-order valence-electron chi connectivity index (χ1n) is 6.82. The van der Waals surface area contributed by atoms with Crippen LogP contribution in [0.4, 0.5) is 0 Å². The molecule has 1 aromatic heterocycles. The van der Waals surface area contributed by atoms with Crippen molar-refractivity contribution in [3.05, 3.63) is 29.0 Å². The molecule has 1 unspecified atom stereocenters. The van der Waals surface area contributed by atoms with Crippen LogP contribution < -0.4 is 11.3 Å². The maximum atomic E-state index is 5.87. The minimum absolute atomic E-state index is 0.153. The monoisotopic (exact) mass is 267 g/mol. The Balaban J connectivity index is 2.03. The van der Waals surface area contributed by atoms with Gasteiger partial charge in [-0.1, -0.05) is 37.8 Å². The average Bonchev–Trinajstić information content (AvgIpc) is 2.42. The number of hydrogen-bond acceptors (Lipinski definition) is 3. The summed E-state index contributed by atoms with van der Waals surface area (Å²) >= 11 is 5.87. The van der Waals surface area contributed by atoms with Gasteiger partial charge in [0.15, 0.2) is 0 Å². The SMILES string of the molecule is CCC1CCC(C(NN)c2ccc(Cl)cn2)CC1. The zero-order chi connectivity index (χ0) is 13.0. The van der Waals surface area contributed by atoms with Crippen molar-refractivity contribution in [3.8, 4) is 0 Å². The Hall–Kier alpha value is -0.640. The molecule has 1 aliphatic rings. The predicted octanol–water partition coefficient (Wildman–Crippen LogP) is 3.46. The largest absolute Gasteiger partial charge is 0.271 e. The van der Waals surface area contributed by atoms with Gasteiger partial charge in [0.05, 0.1) is 16.8 Å². The Kier molecular flexibility index (Phi) is 4.98. The highest BCUT2D eigenvalue weighted by molar-refractivity contribution is 6.30. The van der Waals surface area contributed by atoms with Gasteiger partial charge in [-0.05, 0) is 36.8 Å². The molecule has 1 saturated carbocycles. The number of hydrazine groups is 1. The van der Waals surface area contributed by atoms with Crippen LogP contribution in [0.15, 0.2) is 18.3 Å². The molecule has 2 rings (SSSR count). The standard InChI is InChI=1S/C14H22ClN3/c1-2-10-3-5-11(6-4-10)14(18-16)13-8-7-12(15)9-17-13/h7-11,14,18H,2-6,16H2,1H3. The maximum Gasteiger partial charge on any atom is 0.0660 e. The van der Waals surface area contributed by atoms with Gasteiger partial charge in [0.1, 0.15) is 0 Å². The average molecular weight is 268 g/mol. The lowest BCUT2D eigenvalue weighted by molar-refractivity contribution is 0.217. The molecular weight excluding hydrogens is 246 g/mol. The molecule has 1 aromatic rings. The van der Waals surface area contributed by atoms with Crippen LogP contribution >= 0.6 is 11.6 Å². The van der Waals surface area contributed by atoms with Gasteiger partial charge in [0.2, 0.25) is 0 Å². The number of aromatic nitrogens is 1. The van der Waals surface area contributed by atoms with Crippen molar-refractivity contribution >= 4 is 11.6 Å². The second kappa shape index (κ2) is 6.50. The molecule has 0 spiro atoms. The van der Waals surface area contributed by atoms with Crippen LogP contribution in [-0.2, 0) is 0 Å². The van der Waals surface area contributed by atoms with E-state index in [0.717, 1.165) is 11.6 Å². The van der Waals surface area contributed by atoms with Gasteiger partial charge >= 0.3 is 0 Å². The Labute approximate surface area is 114 Å². The zero-order valence-corrected chi connectivity index (χ0v) is 11.7. The molecule has 0 radical (unpaired) electrons. The molecular formula is C14H22ClN3. The second-order valence-electron chi connectivity index (χ2n) is 5.23. The fourth-order valence-electron chi connectivity index (χ4n) is 2.96. The summed E-state index contributed by atoms with van der Waals surface area (Å²) in [5.41, 5.74) is 3.94. The van der Waals surface area contributed by atoms with Gasteiger partial charge in [-0.25, -0.2) is 0 Å². The molecule has 100 valence electrons. The Bertz CT molecular complexity index is 358. The van der Waals surface area contributed by atoms with E-state index in [0.29, 0.717) is 10.9 Å². The minimum atomic E-state index is 0.153. The molecule has 1 atom stereocenters. The fraction of sp³-hybridized carbons (Fsp3) is 0.643. The zero-order valence-electron chi connectivity index (χ0n) is 10.9. The first-order chi connectivity index (χ1) is 8.74. The summed E-state index contributed by atoms with van der Waals surface area (Å²) in [4.78, 5) is 4.39. The molecule has 1 fully saturated rings. The molecule has 3 nitrogen and oxygen atoms in total. The smallest absolute Gasteiger partial charge is 0.0660 e. The number of rotatable bonds is 4. The lowest BCUT2D eigenvalue weighted by Crippen LogP contribution is -2.35. The van der Waals surface area contributed by atoms with Gasteiger partial charge in [-0.2, -0.15) is 0 Å². The van der Waals surface area contributed by atoms with Gasteiger partial charge in [0.25, 0.3) is 0 Å². The Morgan fingerprint density at radius 1 is 1.39 bits per heavy atom. The van der Waals surface area contributed by atoms with Crippen LogP contribution in [-0.4, -0.2) is 4.98 Å². The molecule has 18 heavy (non-hydrogen) atoms. The first-order valence-corrected chi connectivity index (χ1v) is 7.20. The molecule has 0 aliphatic heterocycles. The molecule has 1 aliphatic carbocycles. The number of hydrogen-bond donors (Lipinski definition) is 2. The van der Waals surface area contributed by atoms with Crippen LogP contribution in [0.3, 0.4) is 0 Å². The summed E-state index contributed by atoms with van der Waals surface area (Å²) in [5, 5.41) is 0.671. The quantitative estimate of drug-likeness (QED) is 0.649. The van der Waals surface area contributed by atoms with Gasteiger partial charge in [-0.15, -0.1) is 0 Å². The molecule has 4 heteroatoms.